The predicted octanol–water partition coefficient (Wildman–Crippen LogP) is -8.95. The van der Waals surface area contributed by atoms with Gasteiger partial charge in [-0.25, -0.2) is 0 Å². The smallest absolute Gasteiger partial charge is 0.550 e. The third-order valence-electron chi connectivity index (χ3n) is 15.9. The first-order valence-corrected chi connectivity index (χ1v) is 39.8. The van der Waals surface area contributed by atoms with Crippen LogP contribution in [0.25, 0.3) is 0 Å². The molecule has 0 saturated heterocycles. The molecule has 0 aromatic carbocycles. The molecule has 576 valence electrons. The van der Waals surface area contributed by atoms with Crippen LogP contribution in [0.2, 0.25) is 0 Å². The molecule has 0 unspecified atom stereocenters. The fourth-order valence-electron chi connectivity index (χ4n) is 9.81. The molecule has 0 aliphatic carbocycles. The van der Waals surface area contributed by atoms with Gasteiger partial charge in [-0.15, -0.1) is 0 Å². The minimum Gasteiger partial charge on any atom is -0.550 e. The van der Waals surface area contributed by atoms with Gasteiger partial charge in [-0.1, -0.05) is 364 Å². The Morgan fingerprint density at radius 2 is 0.183 bits per heavy atom. The Labute approximate surface area is 818 Å². The third kappa shape index (κ3) is 202. The first kappa shape index (κ1) is 146. The Hall–Kier alpha value is 3.76. The number of aliphatic carboxylic acids is 8. The monoisotopic (exact) mass is 1550 g/mol. The molecule has 0 aliphatic heterocycles. The van der Waals surface area contributed by atoms with E-state index in [0.717, 1.165) is 103 Å². The van der Waals surface area contributed by atoms with Gasteiger partial charge in [0.05, 0.1) is 0 Å². The van der Waals surface area contributed by atoms with Crippen molar-refractivity contribution in [3.05, 3.63) is 0 Å². The summed E-state index contributed by atoms with van der Waals surface area (Å²) >= 11 is 0. The van der Waals surface area contributed by atoms with Crippen LogP contribution in [-0.4, -0.2) is 47.8 Å². The van der Waals surface area contributed by atoms with E-state index < -0.39 is 47.8 Å². The summed E-state index contributed by atoms with van der Waals surface area (Å²) < 4.78 is 0. The van der Waals surface area contributed by atoms with Crippen LogP contribution < -0.4 is 277 Å². The van der Waals surface area contributed by atoms with E-state index in [0.29, 0.717) is 0 Å². The quantitative estimate of drug-likeness (QED) is 0.0403. The zero-order chi connectivity index (χ0) is 73.9. The molecule has 104 heavy (non-hydrogen) atoms. The van der Waals surface area contributed by atoms with Gasteiger partial charge in [0.1, 0.15) is 0 Å². The summed E-state index contributed by atoms with van der Waals surface area (Å²) in [6.45, 7) is 17.5. The summed E-state index contributed by atoms with van der Waals surface area (Å²) in [5, 5.41) is 80.2. The van der Waals surface area contributed by atoms with Crippen molar-refractivity contribution in [2.75, 3.05) is 0 Å². The average Bonchev–Trinajstić information content (AvgIpc) is 3.79. The summed E-state index contributed by atoms with van der Waals surface area (Å²) in [4.78, 5) is 80.2. The van der Waals surface area contributed by atoms with Gasteiger partial charge >= 0.3 is 236 Å². The number of unbranched alkanes of at least 4 members (excludes halogenated alkanes) is 48. The van der Waals surface area contributed by atoms with E-state index in [4.69, 9.17) is 0 Å². The maximum atomic E-state index is 10.0. The normalized spacial score (nSPS) is 9.31. The second kappa shape index (κ2) is 142. The molecule has 24 heteroatoms. The first-order chi connectivity index (χ1) is 46.2. The van der Waals surface area contributed by atoms with Crippen molar-refractivity contribution in [1.29, 1.82) is 0 Å². The van der Waals surface area contributed by atoms with E-state index >= 15 is 0 Å². The molecule has 0 aliphatic rings. The van der Waals surface area contributed by atoms with Gasteiger partial charge in [-0.2, -0.15) is 0 Å². The summed E-state index contributed by atoms with van der Waals surface area (Å²) in [5.74, 6) is -7.31. The molecule has 0 bridgehead atoms. The minimum absolute atomic E-state index is 0. The topological polar surface area (TPSA) is 321 Å². The molecule has 16 nitrogen and oxygen atoms in total. The average molecular weight is 1550 g/mol. The summed E-state index contributed by atoms with van der Waals surface area (Å²) in [6, 6.07) is 0. The van der Waals surface area contributed by atoms with Crippen molar-refractivity contribution < 1.29 is 316 Å². The number of hydrogen-bond acceptors (Lipinski definition) is 16. The zero-order valence-corrected chi connectivity index (χ0v) is 87.8. The molecule has 0 heterocycles. The van der Waals surface area contributed by atoms with Crippen LogP contribution in [0.15, 0.2) is 0 Å². The first-order valence-electron chi connectivity index (χ1n) is 39.8. The number of rotatable bonds is 64. The number of hydrogen-bond donors (Lipinski definition) is 0. The second-order valence-electron chi connectivity index (χ2n) is 25.9. The maximum absolute atomic E-state index is 10.0. The van der Waals surface area contributed by atoms with E-state index in [1.165, 1.54) is 257 Å². The Balaban J connectivity index is -0.0000000601. The van der Waals surface area contributed by atoms with Crippen LogP contribution in [0.4, 0.5) is 0 Å². The number of carbonyl (C=O) groups is 8. The van der Waals surface area contributed by atoms with E-state index in [2.05, 4.69) is 55.4 Å². The predicted molar refractivity (Wildman–Crippen MR) is 381 cm³/mol. The van der Waals surface area contributed by atoms with Crippen LogP contribution in [-0.2, 0) is 38.4 Å². The molecule has 0 spiro atoms. The zero-order valence-electron chi connectivity index (χ0n) is 71.8. The van der Waals surface area contributed by atoms with Crippen molar-refractivity contribution in [2.24, 2.45) is 0 Å². The van der Waals surface area contributed by atoms with E-state index in [-0.39, 0.29) is 288 Å². The van der Waals surface area contributed by atoms with Crippen molar-refractivity contribution in [3.8, 4) is 0 Å². The Kier molecular flexibility index (Phi) is 199. The van der Waals surface area contributed by atoms with E-state index in [1.807, 2.05) is 0 Å². The van der Waals surface area contributed by atoms with Crippen molar-refractivity contribution >= 4 is 47.8 Å². The van der Waals surface area contributed by atoms with E-state index in [1.54, 1.807) is 0 Å². The van der Waals surface area contributed by atoms with Gasteiger partial charge < -0.3 is 79.2 Å². The van der Waals surface area contributed by atoms with Gasteiger partial charge in [0.15, 0.2) is 0 Å². The van der Waals surface area contributed by atoms with Gasteiger partial charge in [0.2, 0.25) is 0 Å². The summed E-state index contributed by atoms with van der Waals surface area (Å²) in [6.07, 6.45) is 66.7. The molecule has 0 radical (unpaired) electrons. The molecular formula is C80H152Na8O16. The largest absolute Gasteiger partial charge is 1.00 e. The molecular weight excluding hydrogens is 1400 g/mol. The van der Waals surface area contributed by atoms with Gasteiger partial charge in [0, 0.05) is 47.8 Å². The van der Waals surface area contributed by atoms with Gasteiger partial charge in [0.25, 0.3) is 0 Å². The number of carboxylic acids is 8. The minimum atomic E-state index is -0.913. The molecule has 0 atom stereocenters. The second-order valence-corrected chi connectivity index (χ2v) is 25.9. The Morgan fingerprint density at radius 3 is 0.240 bits per heavy atom. The Morgan fingerprint density at radius 1 is 0.125 bits per heavy atom. The third-order valence-corrected chi connectivity index (χ3v) is 15.9. The SMILES string of the molecule is CCCCCCCCCC(=O)[O-].CCCCCCCCCC(=O)[O-].CCCCCCCCCC(=O)[O-].CCCCCCCCCC(=O)[O-].CCCCCCCCCC(=O)[O-].CCCCCCCCCC(=O)[O-].CCCCCCCCCC(=O)[O-].CCCCCCCCCC(=O)[O-].[Na+].[Na+].[Na+].[Na+].[Na+].[Na+].[Na+].[Na+]. The summed E-state index contributed by atoms with van der Waals surface area (Å²) in [5.41, 5.74) is 0. The van der Waals surface area contributed by atoms with Crippen molar-refractivity contribution in [2.45, 2.75) is 466 Å². The maximum Gasteiger partial charge on any atom is 1.00 e. The Bertz CT molecular complexity index is 1260. The summed E-state index contributed by atoms with van der Waals surface area (Å²) in [7, 11) is 0. The van der Waals surface area contributed by atoms with Crippen LogP contribution in [0.5, 0.6) is 0 Å². The van der Waals surface area contributed by atoms with Gasteiger partial charge in [-0.3, -0.25) is 0 Å². The molecule has 0 aromatic rings. The number of carboxylic acid groups (broad SMARTS) is 8. The number of carbonyl (C=O) groups excluding carboxylic acids is 8. The molecule has 0 fully saturated rings. The van der Waals surface area contributed by atoms with Gasteiger partial charge in [-0.05, 0) is 103 Å². The van der Waals surface area contributed by atoms with Crippen molar-refractivity contribution in [1.82, 2.24) is 0 Å². The van der Waals surface area contributed by atoms with E-state index in [9.17, 15) is 79.2 Å². The molecule has 0 aromatic heterocycles. The van der Waals surface area contributed by atoms with Crippen LogP contribution in [0.1, 0.15) is 466 Å². The van der Waals surface area contributed by atoms with Crippen molar-refractivity contribution in [3.63, 3.8) is 0 Å². The molecule has 0 N–H and O–H groups in total. The van der Waals surface area contributed by atoms with Crippen LogP contribution >= 0.6 is 0 Å². The standard InChI is InChI=1S/8C10H20O2.8Na/c8*1-2-3-4-5-6-7-8-9-10(11)12;;;;;;;;/h8*2-9H2,1H3,(H,11,12);;;;;;;;/q;;;;;;;;8*+1/p-8. The van der Waals surface area contributed by atoms with Crippen LogP contribution in [0, 0.1) is 0 Å². The van der Waals surface area contributed by atoms with Crippen LogP contribution in [0.3, 0.4) is 0 Å². The fourth-order valence-corrected chi connectivity index (χ4v) is 9.81. The molecule has 0 saturated carbocycles. The molecule has 0 rings (SSSR count). The fraction of sp³-hybridized carbons (Fsp3) is 0.900. The molecule has 0 amide bonds.